The van der Waals surface area contributed by atoms with Crippen molar-refractivity contribution in [1.29, 1.82) is 0 Å². The molecule has 0 saturated carbocycles. The van der Waals surface area contributed by atoms with Crippen molar-refractivity contribution in [2.45, 2.75) is 190 Å². The van der Waals surface area contributed by atoms with Crippen LogP contribution in [0.3, 0.4) is 0 Å². The molecule has 14 saturated heterocycles. The second kappa shape index (κ2) is 45.0. The van der Waals surface area contributed by atoms with Gasteiger partial charge >= 0.3 is 30.6 Å². The highest BCUT2D eigenvalue weighted by Gasteiger charge is 2.54. The number of rotatable bonds is 6. The van der Waals surface area contributed by atoms with Crippen molar-refractivity contribution >= 4 is 99.6 Å². The van der Waals surface area contributed by atoms with Crippen LogP contribution in [0.1, 0.15) is 160 Å². The summed E-state index contributed by atoms with van der Waals surface area (Å²) in [6, 6.07) is 30.1. The molecule has 28 nitrogen and oxygen atoms in total. The zero-order valence-corrected chi connectivity index (χ0v) is 87.1. The summed E-state index contributed by atoms with van der Waals surface area (Å²) in [5.74, 6) is 1.62. The van der Waals surface area contributed by atoms with E-state index in [1.165, 1.54) is 153 Å². The molecule has 5 aromatic rings. The van der Waals surface area contributed by atoms with Crippen LogP contribution in [0.15, 0.2) is 110 Å². The van der Waals surface area contributed by atoms with Gasteiger partial charge in [-0.1, -0.05) is 95.5 Å². The van der Waals surface area contributed by atoms with Crippen LogP contribution in [-0.2, 0) is 41.5 Å². The number of hydrogen-bond acceptors (Lipinski definition) is 25. The minimum absolute atomic E-state index is 0.160. The summed E-state index contributed by atoms with van der Waals surface area (Å²) in [5.41, 5.74) is 3.67. The fourth-order valence-electron chi connectivity index (χ4n) is 19.9. The van der Waals surface area contributed by atoms with Crippen LogP contribution in [-0.4, -0.2) is 329 Å². The molecule has 7 spiro atoms. The number of carbonyl (C=O) groups excluding carboxylic acids is 5. The van der Waals surface area contributed by atoms with E-state index >= 15 is 0 Å². The van der Waals surface area contributed by atoms with Gasteiger partial charge in [0.2, 0.25) is 5.95 Å². The van der Waals surface area contributed by atoms with Gasteiger partial charge in [0.1, 0.15) is 39.6 Å². The van der Waals surface area contributed by atoms with Gasteiger partial charge in [-0.2, -0.15) is 4.39 Å². The highest BCUT2D eigenvalue weighted by Crippen LogP contribution is 2.46. The summed E-state index contributed by atoms with van der Waals surface area (Å²) in [5, 5.41) is 12.0. The molecule has 14 fully saturated rings. The van der Waals surface area contributed by atoms with Gasteiger partial charge in [-0.3, -0.25) is 9.80 Å². The Kier molecular flexibility index (Phi) is 36.1. The van der Waals surface area contributed by atoms with Gasteiger partial charge in [-0.05, 0) is 287 Å². The smallest absolute Gasteiger partial charge is 0.444 e. The van der Waals surface area contributed by atoms with Crippen LogP contribution in [0.25, 0.3) is 0 Å². The average molecular weight is 2020 g/mol. The fourth-order valence-corrected chi connectivity index (χ4v) is 20.6. The molecule has 14 aliphatic heterocycles. The van der Waals surface area contributed by atoms with Crippen molar-refractivity contribution in [2.75, 3.05) is 221 Å². The maximum absolute atomic E-state index is 12.0. The first-order valence-electron chi connectivity index (χ1n) is 47.4. The summed E-state index contributed by atoms with van der Waals surface area (Å²) < 4.78 is 42.9. The molecule has 0 radical (unpaired) electrons. The van der Waals surface area contributed by atoms with E-state index < -0.39 is 35.1 Å². The summed E-state index contributed by atoms with van der Waals surface area (Å²) in [7, 11) is 8.77. The molecule has 19 rings (SSSR count). The van der Waals surface area contributed by atoms with E-state index in [4.69, 9.17) is 58.5 Å². The minimum Gasteiger partial charge on any atom is -0.444 e. The van der Waals surface area contributed by atoms with E-state index in [1.807, 2.05) is 84.2 Å². The largest absolute Gasteiger partial charge is 0.519 e. The van der Waals surface area contributed by atoms with Gasteiger partial charge in [0.25, 0.3) is 0 Å². The lowest BCUT2D eigenvalue weighted by Crippen LogP contribution is -2.60. The van der Waals surface area contributed by atoms with Gasteiger partial charge in [-0.15, -0.1) is 0 Å². The fraction of sp³-hybridized carbons (Fsp3) is 0.680. The topological polar surface area (TPSA) is 251 Å². The van der Waals surface area contributed by atoms with E-state index in [0.717, 1.165) is 138 Å². The van der Waals surface area contributed by atoms with Crippen molar-refractivity contribution in [3.05, 3.63) is 145 Å². The Hall–Kier alpha value is -6.79. The van der Waals surface area contributed by atoms with E-state index in [9.17, 15) is 28.4 Å². The molecule has 0 bridgehead atoms. The Morgan fingerprint density at radius 2 is 0.707 bits per heavy atom. The number of nitrogens with zero attached hydrogens (tertiary/aromatic N) is 14. The Labute approximate surface area is 820 Å². The third-order valence-corrected chi connectivity index (χ3v) is 28.3. The number of hydrogen-bond donors (Lipinski definition) is 3. The van der Waals surface area contributed by atoms with E-state index in [-0.39, 0.29) is 29.5 Å². The average Bonchev–Trinajstić information content (AvgIpc) is 1.63. The summed E-state index contributed by atoms with van der Waals surface area (Å²) in [6.45, 7) is 60.7. The molecule has 14 aliphatic rings. The van der Waals surface area contributed by atoms with Crippen molar-refractivity contribution in [1.82, 2.24) is 75.0 Å². The van der Waals surface area contributed by atoms with Crippen molar-refractivity contribution in [3.8, 4) is 0 Å². The number of amides is 3. The summed E-state index contributed by atoms with van der Waals surface area (Å²) in [6.07, 6.45) is 11.2. The van der Waals surface area contributed by atoms with Crippen LogP contribution < -0.4 is 25.8 Å². The molecule has 133 heavy (non-hydrogen) atoms. The Balaban J connectivity index is 0.000000146. The van der Waals surface area contributed by atoms with Crippen LogP contribution in [0, 0.1) is 47.4 Å². The van der Waals surface area contributed by atoms with Crippen molar-refractivity contribution in [2.24, 2.45) is 37.9 Å². The number of anilines is 2. The predicted molar refractivity (Wildman–Crippen MR) is 533 cm³/mol. The monoisotopic (exact) mass is 2020 g/mol. The molecule has 2 aromatic carbocycles. The highest BCUT2D eigenvalue weighted by atomic mass is 127. The van der Waals surface area contributed by atoms with Crippen LogP contribution in [0.5, 0.6) is 0 Å². The summed E-state index contributed by atoms with van der Waals surface area (Å²) in [4.78, 5) is 94.4. The zero-order chi connectivity index (χ0) is 96.8. The number of nitrogens with one attached hydrogen (secondary N) is 3. The van der Waals surface area contributed by atoms with Crippen LogP contribution in [0.4, 0.5) is 40.0 Å². The number of halogens is 5. The third kappa shape index (κ3) is 32.9. The SMILES string of the molecule is CC(C)(C)OC(=O)N1CC2(CCN(Cc3ccccc3)C2)C1.CC(C)(C)OC(=O)N1CC2(CCNC2)C1.CC(C)(C)OC(=O)OC(=O)OC(C)(C)C.CN1CCC2(C1)CN(C(=O)OC(C)(C)C)C2.CN1CCC2(C1)CN(c1cc(I)c(Cl)cn1)C2.CN1CCC2(C1)CN(c1ccc(Cl)cn1)C2.CN1CCC2(CNC2)C1.Fc1ccc(Cl)cn1.c1ccc(CN2CCC3(CNC3)C2)cc1. The zero-order valence-electron chi connectivity index (χ0n) is 82.7. The molecular weight excluding hydrogens is 1870 g/mol. The summed E-state index contributed by atoms with van der Waals surface area (Å²) >= 11 is 19.5. The molecule has 33 heteroatoms. The van der Waals surface area contributed by atoms with Gasteiger partial charge in [0.15, 0.2) is 0 Å². The van der Waals surface area contributed by atoms with Crippen molar-refractivity contribution in [3.63, 3.8) is 0 Å². The molecule has 0 unspecified atom stereocenters. The molecule has 3 N–H and O–H groups in total. The number of pyridine rings is 3. The molecule has 3 amide bonds. The number of aromatic nitrogens is 3. The first-order valence-corrected chi connectivity index (χ1v) is 49.6. The number of carbonyl (C=O) groups is 5. The number of benzene rings is 2. The highest BCUT2D eigenvalue weighted by molar-refractivity contribution is 14.1. The second-order valence-corrected chi connectivity index (χ2v) is 47.8. The lowest BCUT2D eigenvalue weighted by molar-refractivity contribution is -0.0312. The van der Waals surface area contributed by atoms with E-state index in [2.05, 4.69) is 192 Å². The Morgan fingerprint density at radius 3 is 1.02 bits per heavy atom. The maximum Gasteiger partial charge on any atom is 0.519 e. The van der Waals surface area contributed by atoms with E-state index in [1.54, 1.807) is 58.8 Å². The molecule has 738 valence electrons. The molecule has 3 aromatic heterocycles. The molecule has 0 atom stereocenters. The predicted octanol–water partition coefficient (Wildman–Crippen LogP) is 16.4. The van der Waals surface area contributed by atoms with E-state index in [0.29, 0.717) is 48.0 Å². The Morgan fingerprint density at radius 1 is 0.376 bits per heavy atom. The van der Waals surface area contributed by atoms with Gasteiger partial charge in [0, 0.05) is 211 Å². The molecular formula is C100H152Cl3FIN17O11. The second-order valence-electron chi connectivity index (χ2n) is 45.3. The van der Waals surface area contributed by atoms with Crippen molar-refractivity contribution < 1.29 is 56.8 Å². The minimum atomic E-state index is -1.06. The van der Waals surface area contributed by atoms with Crippen LogP contribution in [0.2, 0.25) is 15.1 Å². The Bertz CT molecular complexity index is 4530. The number of ether oxygens (including phenoxy) is 6. The van der Waals surface area contributed by atoms with Gasteiger partial charge in [0.05, 0.1) is 15.1 Å². The lowest BCUT2D eigenvalue weighted by Gasteiger charge is -2.48. The third-order valence-electron chi connectivity index (χ3n) is 26.4. The van der Waals surface area contributed by atoms with Gasteiger partial charge < -0.3 is 88.5 Å². The molecule has 17 heterocycles. The van der Waals surface area contributed by atoms with Gasteiger partial charge in [-0.25, -0.2) is 38.9 Å². The normalized spacial score (nSPS) is 21.8. The number of likely N-dealkylation sites (tertiary alicyclic amines) is 9. The standard InChI is InChI=1S/C18H26N2O2.C13H18N2.C12H15ClIN3.C12H16ClN3.C12H22N2O2.C11H20N2O2.C10H18O5.C7H14N2.C5H3ClFN/c1-17(2,3)22-16(21)20-13-18(14-20)9-10-19(12-18)11-15-7-5-4-6-8-15;1-2-4-12(5-3-1)8-15-7-6-13(11-15)9-14-10-13;1-16-3-2-12(6-16)7-17(8-12)11-4-10(14)9(13)5-15-11;1-15-5-4-12(7-15)8-16(9-12)11-3-2-10(13)6-14-11;1-11(2,3)16-10(15)14-8-12(9-14)5-6-13(4)7-12;1-10(2,3)15-9(14)13-7-11(8-13)4-5-12-6-11;1-9(2,3)14-7(11)13-8(12)15-10(4,5)6;1-9-3-2-7(6-9)4-8-5-7;6-4-1-2-5(7)8-3-4/h4-8H,9-14H2,1-3H3;1-5,14H,6-11H2;4-5H,2-3,6-8H2,1H3;2-3,6H,4-5,7-9H2,1H3;5-9H2,1-4H3;12H,4-8H2,1-3H3;1-6H3;8H,2-6H2,1H3;1-3H. The van der Waals surface area contributed by atoms with Crippen LogP contribution >= 0.6 is 57.4 Å². The lowest BCUT2D eigenvalue weighted by atomic mass is 9.79. The first-order chi connectivity index (χ1) is 62.3. The quantitative estimate of drug-likeness (QED) is 0.0470. The molecule has 0 aliphatic carbocycles. The first kappa shape index (κ1) is 107. The maximum atomic E-state index is 12.0.